The molecule has 160 valence electrons. The van der Waals surface area contributed by atoms with E-state index in [4.69, 9.17) is 9.47 Å². The van der Waals surface area contributed by atoms with Crippen molar-refractivity contribution in [3.05, 3.63) is 64.2 Å². The van der Waals surface area contributed by atoms with Crippen molar-refractivity contribution >= 4 is 17.3 Å². The Hall–Kier alpha value is -2.97. The summed E-state index contributed by atoms with van der Waals surface area (Å²) >= 11 is 0. The van der Waals surface area contributed by atoms with Crippen molar-refractivity contribution in [1.29, 1.82) is 0 Å². The van der Waals surface area contributed by atoms with Gasteiger partial charge in [-0.25, -0.2) is 0 Å². The molecule has 1 fully saturated rings. The third-order valence-corrected chi connectivity index (χ3v) is 5.39. The van der Waals surface area contributed by atoms with E-state index in [0.29, 0.717) is 12.4 Å². The topological polar surface area (TPSA) is 93.9 Å². The number of nitro groups is 1. The highest BCUT2D eigenvalue weighted by atomic mass is 16.6. The number of methoxy groups -OCH3 is 1. The van der Waals surface area contributed by atoms with E-state index >= 15 is 0 Å². The monoisotopic (exact) mass is 413 g/mol. The van der Waals surface area contributed by atoms with Crippen LogP contribution in [-0.4, -0.2) is 48.1 Å². The van der Waals surface area contributed by atoms with Crippen LogP contribution in [0.2, 0.25) is 0 Å². The number of anilines is 1. The molecule has 0 radical (unpaired) electrons. The molecule has 1 unspecified atom stereocenters. The molecule has 1 amide bonds. The van der Waals surface area contributed by atoms with E-state index in [0.717, 1.165) is 31.5 Å². The number of carbonyl (C=O) groups is 1. The number of nitrogens with one attached hydrogen (secondary N) is 1. The van der Waals surface area contributed by atoms with Crippen molar-refractivity contribution in [3.63, 3.8) is 0 Å². The van der Waals surface area contributed by atoms with Crippen LogP contribution in [0.1, 0.15) is 25.3 Å². The van der Waals surface area contributed by atoms with Crippen LogP contribution in [0.5, 0.6) is 5.75 Å². The van der Waals surface area contributed by atoms with Gasteiger partial charge in [0.25, 0.3) is 5.69 Å². The first kappa shape index (κ1) is 21.7. The number of rotatable bonds is 8. The van der Waals surface area contributed by atoms with Crippen molar-refractivity contribution in [2.24, 2.45) is 0 Å². The zero-order valence-electron chi connectivity index (χ0n) is 17.2. The molecule has 1 aliphatic heterocycles. The lowest BCUT2D eigenvalue weighted by Gasteiger charge is -2.35. The third kappa shape index (κ3) is 5.55. The minimum atomic E-state index is -0.529. The molecule has 8 heteroatoms. The van der Waals surface area contributed by atoms with Gasteiger partial charge in [0.2, 0.25) is 5.91 Å². The fourth-order valence-corrected chi connectivity index (χ4v) is 3.52. The summed E-state index contributed by atoms with van der Waals surface area (Å²) < 4.78 is 11.0. The van der Waals surface area contributed by atoms with Gasteiger partial charge in [0, 0.05) is 13.1 Å². The van der Waals surface area contributed by atoms with Gasteiger partial charge in [-0.15, -0.1) is 0 Å². The summed E-state index contributed by atoms with van der Waals surface area (Å²) in [6, 6.07) is 14.0. The van der Waals surface area contributed by atoms with Crippen LogP contribution >= 0.6 is 0 Å². The van der Waals surface area contributed by atoms with Gasteiger partial charge < -0.3 is 14.8 Å². The number of hydrogen-bond donors (Lipinski definition) is 1. The third-order valence-electron chi connectivity index (χ3n) is 5.39. The second-order valence-corrected chi connectivity index (χ2v) is 7.34. The normalized spacial score (nSPS) is 16.1. The second kappa shape index (κ2) is 10.2. The molecule has 0 aliphatic carbocycles. The maximum absolute atomic E-state index is 12.7. The average molecular weight is 413 g/mol. The number of likely N-dealkylation sites (tertiary alicyclic amines) is 1. The van der Waals surface area contributed by atoms with Crippen molar-refractivity contribution in [3.8, 4) is 5.75 Å². The molecule has 2 aromatic rings. The SMILES string of the molecule is COc1ccc(NC(=O)C(C)N2CCC(OCc3ccccc3)CC2)c([N+](=O)[O-])c1. The molecule has 0 bridgehead atoms. The molecule has 1 aliphatic rings. The lowest BCUT2D eigenvalue weighted by atomic mass is 10.1. The van der Waals surface area contributed by atoms with Gasteiger partial charge >= 0.3 is 0 Å². The number of ether oxygens (including phenoxy) is 2. The van der Waals surface area contributed by atoms with Crippen LogP contribution in [0.4, 0.5) is 11.4 Å². The Morgan fingerprint density at radius 1 is 1.23 bits per heavy atom. The smallest absolute Gasteiger partial charge is 0.296 e. The second-order valence-electron chi connectivity index (χ2n) is 7.34. The molecule has 1 saturated heterocycles. The van der Waals surface area contributed by atoms with E-state index in [1.807, 2.05) is 37.3 Å². The van der Waals surface area contributed by atoms with Gasteiger partial charge in [0.05, 0.1) is 36.9 Å². The molecular weight excluding hydrogens is 386 g/mol. The molecule has 1 atom stereocenters. The first-order valence-corrected chi connectivity index (χ1v) is 10.0. The minimum absolute atomic E-state index is 0.165. The summed E-state index contributed by atoms with van der Waals surface area (Å²) in [5, 5.41) is 14.0. The number of benzene rings is 2. The first-order valence-electron chi connectivity index (χ1n) is 10.0. The lowest BCUT2D eigenvalue weighted by Crippen LogP contribution is -2.47. The summed E-state index contributed by atoms with van der Waals surface area (Å²) in [4.78, 5) is 25.6. The molecule has 30 heavy (non-hydrogen) atoms. The van der Waals surface area contributed by atoms with Gasteiger partial charge in [-0.1, -0.05) is 30.3 Å². The quantitative estimate of drug-likeness (QED) is 0.525. The van der Waals surface area contributed by atoms with Gasteiger partial charge in [0.1, 0.15) is 11.4 Å². The van der Waals surface area contributed by atoms with E-state index in [1.54, 1.807) is 6.07 Å². The maximum atomic E-state index is 12.7. The van der Waals surface area contributed by atoms with E-state index in [-0.39, 0.29) is 23.4 Å². The van der Waals surface area contributed by atoms with Crippen LogP contribution in [0, 0.1) is 10.1 Å². The fraction of sp³-hybridized carbons (Fsp3) is 0.409. The lowest BCUT2D eigenvalue weighted by molar-refractivity contribution is -0.384. The van der Waals surface area contributed by atoms with E-state index in [1.165, 1.54) is 19.2 Å². The van der Waals surface area contributed by atoms with Crippen molar-refractivity contribution < 1.29 is 19.2 Å². The predicted octanol–water partition coefficient (Wildman–Crippen LogP) is 3.61. The standard InChI is InChI=1S/C22H27N3O5/c1-16(22(26)23-20-9-8-19(29-2)14-21(20)25(27)28)24-12-10-18(11-13-24)30-15-17-6-4-3-5-7-17/h3-9,14,16,18H,10-13,15H2,1-2H3,(H,23,26). The maximum Gasteiger partial charge on any atom is 0.296 e. The van der Waals surface area contributed by atoms with Gasteiger partial charge in [-0.3, -0.25) is 19.8 Å². The van der Waals surface area contributed by atoms with E-state index < -0.39 is 11.0 Å². The highest BCUT2D eigenvalue weighted by Gasteiger charge is 2.28. The van der Waals surface area contributed by atoms with Crippen LogP contribution < -0.4 is 10.1 Å². The highest BCUT2D eigenvalue weighted by Crippen LogP contribution is 2.29. The summed E-state index contributed by atoms with van der Waals surface area (Å²) in [6.07, 6.45) is 1.85. The molecule has 0 spiro atoms. The van der Waals surface area contributed by atoms with Crippen molar-refractivity contribution in [2.45, 2.75) is 38.5 Å². The Kier molecular flexibility index (Phi) is 7.37. The van der Waals surface area contributed by atoms with Gasteiger partial charge in [-0.2, -0.15) is 0 Å². The first-order chi connectivity index (χ1) is 14.5. The van der Waals surface area contributed by atoms with Crippen LogP contribution in [0.15, 0.2) is 48.5 Å². The molecule has 1 heterocycles. The zero-order chi connectivity index (χ0) is 21.5. The molecule has 0 saturated carbocycles. The summed E-state index contributed by atoms with van der Waals surface area (Å²) in [5.41, 5.74) is 1.12. The summed E-state index contributed by atoms with van der Waals surface area (Å²) in [6.45, 7) is 3.87. The number of nitrogens with zero attached hydrogens (tertiary/aromatic N) is 2. The van der Waals surface area contributed by atoms with Crippen molar-refractivity contribution in [1.82, 2.24) is 4.90 Å². The van der Waals surface area contributed by atoms with E-state index in [2.05, 4.69) is 10.2 Å². The summed E-state index contributed by atoms with van der Waals surface area (Å²) in [7, 11) is 1.44. The Morgan fingerprint density at radius 3 is 2.57 bits per heavy atom. The Labute approximate surface area is 175 Å². The molecule has 3 rings (SSSR count). The van der Waals surface area contributed by atoms with Crippen LogP contribution in [0.25, 0.3) is 0 Å². The number of amides is 1. The average Bonchev–Trinajstić information content (AvgIpc) is 2.78. The Bertz CT molecular complexity index is 866. The van der Waals surface area contributed by atoms with Gasteiger partial charge in [-0.05, 0) is 37.5 Å². The summed E-state index contributed by atoms with van der Waals surface area (Å²) in [5.74, 6) is 0.0947. The molecule has 1 N–H and O–H groups in total. The number of hydrogen-bond acceptors (Lipinski definition) is 6. The molecular formula is C22H27N3O5. The van der Waals surface area contributed by atoms with Gasteiger partial charge in [0.15, 0.2) is 0 Å². The predicted molar refractivity (Wildman–Crippen MR) is 114 cm³/mol. The Morgan fingerprint density at radius 2 is 1.93 bits per heavy atom. The van der Waals surface area contributed by atoms with Crippen molar-refractivity contribution in [2.75, 3.05) is 25.5 Å². The highest BCUT2D eigenvalue weighted by molar-refractivity contribution is 5.96. The molecule has 2 aromatic carbocycles. The van der Waals surface area contributed by atoms with Crippen LogP contribution in [-0.2, 0) is 16.1 Å². The minimum Gasteiger partial charge on any atom is -0.496 e. The van der Waals surface area contributed by atoms with Crippen LogP contribution in [0.3, 0.4) is 0 Å². The Balaban J connectivity index is 1.52. The fourth-order valence-electron chi connectivity index (χ4n) is 3.52. The number of piperidine rings is 1. The van der Waals surface area contributed by atoms with E-state index in [9.17, 15) is 14.9 Å². The number of nitro benzene ring substituents is 1. The largest absolute Gasteiger partial charge is 0.496 e. The number of carbonyl (C=O) groups excluding carboxylic acids is 1. The molecule has 0 aromatic heterocycles. The molecule has 8 nitrogen and oxygen atoms in total. The zero-order valence-corrected chi connectivity index (χ0v) is 17.2.